The Labute approximate surface area is 119 Å². The average molecular weight is 287 g/mol. The van der Waals surface area contributed by atoms with E-state index in [1.807, 2.05) is 0 Å². The lowest BCUT2D eigenvalue weighted by molar-refractivity contribution is -0.153. The van der Waals surface area contributed by atoms with E-state index < -0.39 is 11.4 Å². The van der Waals surface area contributed by atoms with Crippen LogP contribution in [-0.2, 0) is 9.59 Å². The van der Waals surface area contributed by atoms with Gasteiger partial charge in [0.15, 0.2) is 0 Å². The zero-order valence-electron chi connectivity index (χ0n) is 12.8. The minimum atomic E-state index is -1.09. The molecule has 0 heterocycles. The van der Waals surface area contributed by atoms with Gasteiger partial charge in [-0.15, -0.1) is 0 Å². The van der Waals surface area contributed by atoms with Gasteiger partial charge in [-0.2, -0.15) is 0 Å². The number of carbonyl (C=O) groups is 3. The van der Waals surface area contributed by atoms with Crippen molar-refractivity contribution in [1.82, 2.24) is 15.5 Å². The van der Waals surface area contributed by atoms with E-state index in [1.54, 1.807) is 34.9 Å². The first kappa shape index (κ1) is 18.2. The summed E-state index contributed by atoms with van der Waals surface area (Å²) >= 11 is 0. The molecule has 0 saturated heterocycles. The van der Waals surface area contributed by atoms with Gasteiger partial charge in [0, 0.05) is 33.6 Å². The minimum absolute atomic E-state index is 0.0817. The third-order valence-corrected chi connectivity index (χ3v) is 3.42. The fraction of sp³-hybridized carbons (Fsp3) is 0.769. The van der Waals surface area contributed by atoms with Crippen LogP contribution in [0.3, 0.4) is 0 Å². The zero-order valence-corrected chi connectivity index (χ0v) is 12.8. The summed E-state index contributed by atoms with van der Waals surface area (Å²) in [5.74, 6) is -1.47. The van der Waals surface area contributed by atoms with Gasteiger partial charge in [0.05, 0.1) is 5.41 Å². The number of nitrogens with zero attached hydrogens (tertiary/aromatic N) is 1. The highest BCUT2D eigenvalue weighted by Gasteiger charge is 2.38. The van der Waals surface area contributed by atoms with E-state index in [4.69, 9.17) is 0 Å². The standard InChI is InChI=1S/C13H25N3O4/c1-9(2)13(3,11(18)19)8-10(17)14-6-7-15-12(20)16(4)5/h9H,6-8H2,1-5H3,(H,14,17)(H,15,20)(H,18,19). The number of nitrogens with one attached hydrogen (secondary N) is 2. The summed E-state index contributed by atoms with van der Waals surface area (Å²) in [4.78, 5) is 35.6. The molecule has 0 rings (SSSR count). The Hall–Kier alpha value is -1.79. The monoisotopic (exact) mass is 287 g/mol. The molecule has 116 valence electrons. The normalized spacial score (nSPS) is 13.5. The molecule has 0 aromatic heterocycles. The number of hydrogen-bond donors (Lipinski definition) is 3. The van der Waals surface area contributed by atoms with Crippen molar-refractivity contribution >= 4 is 17.9 Å². The van der Waals surface area contributed by atoms with Crippen molar-refractivity contribution in [3.05, 3.63) is 0 Å². The van der Waals surface area contributed by atoms with Crippen LogP contribution in [0, 0.1) is 11.3 Å². The van der Waals surface area contributed by atoms with Crippen LogP contribution in [0.4, 0.5) is 4.79 Å². The van der Waals surface area contributed by atoms with Crippen molar-refractivity contribution < 1.29 is 19.5 Å². The summed E-state index contributed by atoms with van der Waals surface area (Å²) in [6.07, 6.45) is -0.0817. The molecule has 0 aromatic rings. The third kappa shape index (κ3) is 5.46. The molecule has 7 nitrogen and oxygen atoms in total. The lowest BCUT2D eigenvalue weighted by Crippen LogP contribution is -2.42. The van der Waals surface area contributed by atoms with E-state index >= 15 is 0 Å². The molecule has 1 atom stereocenters. The van der Waals surface area contributed by atoms with E-state index in [2.05, 4.69) is 10.6 Å². The van der Waals surface area contributed by atoms with Crippen LogP contribution in [0.1, 0.15) is 27.2 Å². The maximum absolute atomic E-state index is 11.7. The highest BCUT2D eigenvalue weighted by molar-refractivity contribution is 5.84. The van der Waals surface area contributed by atoms with Crippen LogP contribution < -0.4 is 10.6 Å². The van der Waals surface area contributed by atoms with Crippen LogP contribution in [0.15, 0.2) is 0 Å². The summed E-state index contributed by atoms with van der Waals surface area (Å²) in [7, 11) is 3.24. The van der Waals surface area contributed by atoms with E-state index in [0.717, 1.165) is 0 Å². The number of hydrogen-bond acceptors (Lipinski definition) is 3. The second kappa shape index (κ2) is 7.72. The number of carbonyl (C=O) groups excluding carboxylic acids is 2. The summed E-state index contributed by atoms with van der Waals surface area (Å²) in [5.41, 5.74) is -1.09. The van der Waals surface area contributed by atoms with Gasteiger partial charge in [0.2, 0.25) is 5.91 Å². The van der Waals surface area contributed by atoms with Gasteiger partial charge in [-0.05, 0) is 12.8 Å². The van der Waals surface area contributed by atoms with Crippen LogP contribution >= 0.6 is 0 Å². The minimum Gasteiger partial charge on any atom is -0.481 e. The average Bonchev–Trinajstić information content (AvgIpc) is 2.33. The molecule has 0 radical (unpaired) electrons. The predicted octanol–water partition coefficient (Wildman–Crippen LogP) is 0.511. The number of carboxylic acid groups (broad SMARTS) is 1. The molecule has 0 aromatic carbocycles. The lowest BCUT2D eigenvalue weighted by atomic mass is 9.76. The topological polar surface area (TPSA) is 98.7 Å². The van der Waals surface area contributed by atoms with Crippen LogP contribution in [0.2, 0.25) is 0 Å². The molecule has 3 amide bonds. The first-order valence-corrected chi connectivity index (χ1v) is 6.56. The highest BCUT2D eigenvalue weighted by Crippen LogP contribution is 2.31. The first-order valence-electron chi connectivity index (χ1n) is 6.56. The number of urea groups is 1. The maximum Gasteiger partial charge on any atom is 0.316 e. The Balaban J connectivity index is 4.17. The summed E-state index contributed by atoms with van der Waals surface area (Å²) in [6, 6.07) is -0.239. The maximum atomic E-state index is 11.7. The molecular weight excluding hydrogens is 262 g/mol. The SMILES string of the molecule is CC(C)C(C)(CC(=O)NCCNC(=O)N(C)C)C(=O)O. The molecule has 1 unspecified atom stereocenters. The van der Waals surface area contributed by atoms with E-state index in [0.29, 0.717) is 6.54 Å². The van der Waals surface area contributed by atoms with Gasteiger partial charge < -0.3 is 20.6 Å². The van der Waals surface area contributed by atoms with Crippen molar-refractivity contribution in [2.75, 3.05) is 27.2 Å². The molecular formula is C13H25N3O4. The molecule has 0 aliphatic carbocycles. The largest absolute Gasteiger partial charge is 0.481 e. The Morgan fingerprint density at radius 2 is 1.65 bits per heavy atom. The molecule has 0 spiro atoms. The number of amides is 3. The van der Waals surface area contributed by atoms with Gasteiger partial charge in [0.1, 0.15) is 0 Å². The van der Waals surface area contributed by atoms with Crippen LogP contribution in [-0.4, -0.2) is 55.1 Å². The zero-order chi connectivity index (χ0) is 15.9. The quantitative estimate of drug-likeness (QED) is 0.594. The van der Waals surface area contributed by atoms with Gasteiger partial charge in [-0.25, -0.2) is 4.79 Å². The first-order chi connectivity index (χ1) is 9.11. The fourth-order valence-corrected chi connectivity index (χ4v) is 1.45. The number of rotatable bonds is 7. The molecule has 0 bridgehead atoms. The second-order valence-corrected chi connectivity index (χ2v) is 5.53. The van der Waals surface area contributed by atoms with Crippen molar-refractivity contribution in [2.24, 2.45) is 11.3 Å². The molecule has 0 aliphatic heterocycles. The van der Waals surface area contributed by atoms with Gasteiger partial charge in [-0.3, -0.25) is 9.59 Å². The molecule has 0 aliphatic rings. The Kier molecular flexibility index (Phi) is 7.02. The van der Waals surface area contributed by atoms with Gasteiger partial charge in [0.25, 0.3) is 0 Å². The van der Waals surface area contributed by atoms with E-state index in [1.165, 1.54) is 4.90 Å². The molecule has 7 heteroatoms. The van der Waals surface area contributed by atoms with Crippen molar-refractivity contribution in [3.8, 4) is 0 Å². The Morgan fingerprint density at radius 3 is 2.05 bits per heavy atom. The molecule has 0 saturated carbocycles. The van der Waals surface area contributed by atoms with Crippen molar-refractivity contribution in [2.45, 2.75) is 27.2 Å². The van der Waals surface area contributed by atoms with Gasteiger partial charge >= 0.3 is 12.0 Å². The highest BCUT2D eigenvalue weighted by atomic mass is 16.4. The smallest absolute Gasteiger partial charge is 0.316 e. The molecule has 3 N–H and O–H groups in total. The third-order valence-electron chi connectivity index (χ3n) is 3.42. The summed E-state index contributed by atoms with van der Waals surface area (Å²) in [5, 5.41) is 14.4. The Bertz CT molecular complexity index is 369. The predicted molar refractivity (Wildman–Crippen MR) is 75.3 cm³/mol. The number of carboxylic acids is 1. The van der Waals surface area contributed by atoms with Gasteiger partial charge in [-0.1, -0.05) is 13.8 Å². The van der Waals surface area contributed by atoms with Crippen LogP contribution in [0.5, 0.6) is 0 Å². The molecule has 20 heavy (non-hydrogen) atoms. The lowest BCUT2D eigenvalue weighted by Gasteiger charge is -2.28. The van der Waals surface area contributed by atoms with Crippen LogP contribution in [0.25, 0.3) is 0 Å². The number of aliphatic carboxylic acids is 1. The molecule has 0 fully saturated rings. The summed E-state index contributed by atoms with van der Waals surface area (Å²) in [6.45, 7) is 5.69. The van der Waals surface area contributed by atoms with Crippen molar-refractivity contribution in [1.29, 1.82) is 0 Å². The van der Waals surface area contributed by atoms with Crippen molar-refractivity contribution in [3.63, 3.8) is 0 Å². The van der Waals surface area contributed by atoms with E-state index in [-0.39, 0.29) is 30.8 Å². The fourth-order valence-electron chi connectivity index (χ4n) is 1.45. The second-order valence-electron chi connectivity index (χ2n) is 5.53. The summed E-state index contributed by atoms with van der Waals surface area (Å²) < 4.78 is 0. The van der Waals surface area contributed by atoms with E-state index in [9.17, 15) is 19.5 Å². The Morgan fingerprint density at radius 1 is 1.15 bits per heavy atom.